The number of nitrogen functional groups attached to an aromatic ring is 1. The van der Waals surface area contributed by atoms with Gasteiger partial charge in [-0.2, -0.15) is 0 Å². The van der Waals surface area contributed by atoms with Gasteiger partial charge in [0.1, 0.15) is 0 Å². The van der Waals surface area contributed by atoms with Gasteiger partial charge in [0, 0.05) is 6.42 Å². The Morgan fingerprint density at radius 3 is 2.74 bits per heavy atom. The first-order chi connectivity index (χ1) is 8.84. The lowest BCUT2D eigenvalue weighted by atomic mass is 10.3. The molecule has 1 aromatic carbocycles. The van der Waals surface area contributed by atoms with Crippen molar-refractivity contribution in [2.45, 2.75) is 12.8 Å². The number of nitrogens with two attached hydrogens (primary N) is 1. The third kappa shape index (κ3) is 5.35. The number of halogens is 1. The molecule has 0 aliphatic carbocycles. The van der Waals surface area contributed by atoms with Crippen molar-refractivity contribution in [2.24, 2.45) is 0 Å². The summed E-state index contributed by atoms with van der Waals surface area (Å²) in [5.74, 6) is -0.615. The predicted molar refractivity (Wildman–Crippen MR) is 74.5 cm³/mol. The zero-order chi connectivity index (χ0) is 14.5. The Morgan fingerprint density at radius 1 is 1.47 bits per heavy atom. The Bertz CT molecular complexity index is 560. The van der Waals surface area contributed by atoms with E-state index in [2.05, 4.69) is 9.46 Å². The molecule has 0 atom stereocenters. The summed E-state index contributed by atoms with van der Waals surface area (Å²) < 4.78 is 30.2. The van der Waals surface area contributed by atoms with E-state index in [9.17, 15) is 13.2 Å². The highest BCUT2D eigenvalue weighted by molar-refractivity contribution is 7.92. The number of hydrogen-bond acceptors (Lipinski definition) is 5. The number of hydrogen-bond donors (Lipinski definition) is 2. The van der Waals surface area contributed by atoms with Gasteiger partial charge in [-0.3, -0.25) is 9.52 Å². The summed E-state index contributed by atoms with van der Waals surface area (Å²) in [7, 11) is -2.27. The zero-order valence-electron chi connectivity index (χ0n) is 10.3. The topological polar surface area (TPSA) is 98.5 Å². The maximum absolute atomic E-state index is 11.7. The molecule has 3 N–H and O–H groups in total. The van der Waals surface area contributed by atoms with Crippen LogP contribution in [0.4, 0.5) is 11.4 Å². The Kier molecular flexibility index (Phi) is 5.44. The number of carbonyl (C=O) groups excluding carboxylic acids is 1. The number of esters is 1. The first-order valence-corrected chi connectivity index (χ1v) is 7.49. The van der Waals surface area contributed by atoms with Gasteiger partial charge in [-0.25, -0.2) is 8.42 Å². The van der Waals surface area contributed by atoms with Crippen molar-refractivity contribution in [1.82, 2.24) is 0 Å². The summed E-state index contributed by atoms with van der Waals surface area (Å²) in [5.41, 5.74) is 6.19. The molecule has 0 fully saturated rings. The van der Waals surface area contributed by atoms with Crippen LogP contribution in [0, 0.1) is 0 Å². The van der Waals surface area contributed by atoms with E-state index in [1.807, 2.05) is 0 Å². The molecular weight excluding hydrogens is 292 g/mol. The second kappa shape index (κ2) is 6.63. The van der Waals surface area contributed by atoms with Gasteiger partial charge in [-0.05, 0) is 24.6 Å². The van der Waals surface area contributed by atoms with Crippen LogP contribution in [0.15, 0.2) is 18.2 Å². The maximum Gasteiger partial charge on any atom is 0.305 e. The normalized spacial score (nSPS) is 11.1. The van der Waals surface area contributed by atoms with Crippen LogP contribution in [0.2, 0.25) is 5.02 Å². The molecule has 19 heavy (non-hydrogen) atoms. The van der Waals surface area contributed by atoms with Crippen molar-refractivity contribution in [3.63, 3.8) is 0 Å². The quantitative estimate of drug-likeness (QED) is 0.614. The van der Waals surface area contributed by atoms with E-state index in [0.717, 1.165) is 0 Å². The number of rotatable bonds is 6. The number of benzene rings is 1. The molecule has 0 spiro atoms. The number of methoxy groups -OCH3 is 1. The van der Waals surface area contributed by atoms with Crippen LogP contribution in [-0.4, -0.2) is 27.2 Å². The molecule has 0 aliphatic heterocycles. The number of carbonyl (C=O) groups is 1. The third-order valence-corrected chi connectivity index (χ3v) is 4.01. The van der Waals surface area contributed by atoms with Gasteiger partial charge in [-0.15, -0.1) is 0 Å². The molecule has 0 bridgehead atoms. The molecule has 1 aromatic rings. The first kappa shape index (κ1) is 15.6. The molecular formula is C11H15ClN2O4S. The Hall–Kier alpha value is -1.47. The largest absolute Gasteiger partial charge is 0.469 e. The van der Waals surface area contributed by atoms with E-state index in [0.29, 0.717) is 10.7 Å². The SMILES string of the molecule is COC(=O)CCCS(=O)(=O)Nc1ccc(Cl)c(N)c1. The van der Waals surface area contributed by atoms with Crippen molar-refractivity contribution in [2.75, 3.05) is 23.3 Å². The summed E-state index contributed by atoms with van der Waals surface area (Å²) in [5, 5.41) is 0.355. The lowest BCUT2D eigenvalue weighted by Gasteiger charge is -2.08. The minimum absolute atomic E-state index is 0.0557. The predicted octanol–water partition coefficient (Wildman–Crippen LogP) is 1.62. The fourth-order valence-electron chi connectivity index (χ4n) is 1.35. The molecule has 106 valence electrons. The number of anilines is 2. The first-order valence-electron chi connectivity index (χ1n) is 5.46. The number of ether oxygens (including phenoxy) is 1. The van der Waals surface area contributed by atoms with Gasteiger partial charge in [0.2, 0.25) is 10.0 Å². The van der Waals surface area contributed by atoms with Gasteiger partial charge in [0.05, 0.1) is 29.3 Å². The van der Waals surface area contributed by atoms with E-state index >= 15 is 0 Å². The second-order valence-electron chi connectivity index (χ2n) is 3.84. The van der Waals surface area contributed by atoms with Crippen molar-refractivity contribution < 1.29 is 17.9 Å². The van der Waals surface area contributed by atoms with Gasteiger partial charge < -0.3 is 10.5 Å². The smallest absolute Gasteiger partial charge is 0.305 e. The van der Waals surface area contributed by atoms with Crippen molar-refractivity contribution >= 4 is 39.0 Å². The second-order valence-corrected chi connectivity index (χ2v) is 6.09. The highest BCUT2D eigenvalue weighted by Gasteiger charge is 2.12. The van der Waals surface area contributed by atoms with E-state index in [1.165, 1.54) is 25.3 Å². The Morgan fingerprint density at radius 2 is 2.16 bits per heavy atom. The molecule has 0 aromatic heterocycles. The van der Waals surface area contributed by atoms with Crippen molar-refractivity contribution in [3.8, 4) is 0 Å². The van der Waals surface area contributed by atoms with Crippen molar-refractivity contribution in [1.29, 1.82) is 0 Å². The summed E-state index contributed by atoms with van der Waals surface area (Å²) in [6.07, 6.45) is 0.241. The molecule has 0 radical (unpaired) electrons. The Balaban J connectivity index is 2.59. The third-order valence-electron chi connectivity index (χ3n) is 2.29. The lowest BCUT2D eigenvalue weighted by molar-refractivity contribution is -0.140. The van der Waals surface area contributed by atoms with Crippen LogP contribution >= 0.6 is 11.6 Å². The van der Waals surface area contributed by atoms with Gasteiger partial charge >= 0.3 is 5.97 Å². The summed E-state index contributed by atoms with van der Waals surface area (Å²) in [6, 6.07) is 4.44. The van der Waals surface area contributed by atoms with Crippen LogP contribution in [0.25, 0.3) is 0 Å². The molecule has 0 unspecified atom stereocenters. The average Bonchev–Trinajstić information content (AvgIpc) is 2.33. The minimum Gasteiger partial charge on any atom is -0.469 e. The van der Waals surface area contributed by atoms with Crippen LogP contribution in [0.3, 0.4) is 0 Å². The molecule has 8 heteroatoms. The van der Waals surface area contributed by atoms with Crippen LogP contribution in [-0.2, 0) is 19.6 Å². The molecule has 1 rings (SSSR count). The maximum atomic E-state index is 11.7. The molecule has 0 aliphatic rings. The van der Waals surface area contributed by atoms with Crippen LogP contribution in [0.1, 0.15) is 12.8 Å². The van der Waals surface area contributed by atoms with E-state index < -0.39 is 16.0 Å². The molecule has 0 saturated heterocycles. The van der Waals surface area contributed by atoms with Crippen LogP contribution in [0.5, 0.6) is 0 Å². The standard InChI is InChI=1S/C11H15ClN2O4S/c1-18-11(15)3-2-6-19(16,17)14-8-4-5-9(12)10(13)7-8/h4-5,7,14H,2-3,6,13H2,1H3. The fourth-order valence-corrected chi connectivity index (χ4v) is 2.58. The summed E-state index contributed by atoms with van der Waals surface area (Å²) in [4.78, 5) is 10.9. The Labute approximate surface area is 116 Å². The van der Waals surface area contributed by atoms with E-state index in [4.69, 9.17) is 17.3 Å². The monoisotopic (exact) mass is 306 g/mol. The molecule has 0 saturated carbocycles. The highest BCUT2D eigenvalue weighted by Crippen LogP contribution is 2.23. The van der Waals surface area contributed by atoms with E-state index in [-0.39, 0.29) is 24.3 Å². The number of sulfonamides is 1. The van der Waals surface area contributed by atoms with E-state index in [1.54, 1.807) is 0 Å². The zero-order valence-corrected chi connectivity index (χ0v) is 11.9. The van der Waals surface area contributed by atoms with Gasteiger partial charge in [0.25, 0.3) is 0 Å². The average molecular weight is 307 g/mol. The highest BCUT2D eigenvalue weighted by atomic mass is 35.5. The van der Waals surface area contributed by atoms with Gasteiger partial charge in [0.15, 0.2) is 0 Å². The molecule has 6 nitrogen and oxygen atoms in total. The summed E-state index contributed by atoms with van der Waals surface area (Å²) >= 11 is 5.73. The number of nitrogens with one attached hydrogen (secondary N) is 1. The fraction of sp³-hybridized carbons (Fsp3) is 0.364. The molecule has 0 amide bonds. The van der Waals surface area contributed by atoms with Crippen molar-refractivity contribution in [3.05, 3.63) is 23.2 Å². The minimum atomic E-state index is -3.52. The lowest BCUT2D eigenvalue weighted by Crippen LogP contribution is -2.17. The summed E-state index contributed by atoms with van der Waals surface area (Å²) in [6.45, 7) is 0. The van der Waals surface area contributed by atoms with Crippen LogP contribution < -0.4 is 10.5 Å². The van der Waals surface area contributed by atoms with Gasteiger partial charge in [-0.1, -0.05) is 11.6 Å². The molecule has 0 heterocycles.